The molecule has 0 aromatic heterocycles. The molecule has 3 aromatic carbocycles. The van der Waals surface area contributed by atoms with Crippen molar-refractivity contribution in [1.29, 1.82) is 0 Å². The fourth-order valence-corrected chi connectivity index (χ4v) is 4.26. The molecule has 35 heavy (non-hydrogen) atoms. The van der Waals surface area contributed by atoms with Crippen LogP contribution in [0.4, 0.5) is 11.4 Å². The Hall–Kier alpha value is -3.84. The first kappa shape index (κ1) is 24.3. The topological polar surface area (TPSA) is 87.7 Å². The van der Waals surface area contributed by atoms with Gasteiger partial charge in [-0.25, -0.2) is 0 Å². The largest absolute Gasteiger partial charge is 0.497 e. The summed E-state index contributed by atoms with van der Waals surface area (Å²) >= 11 is 6.16. The molecule has 7 nitrogen and oxygen atoms in total. The number of hydrogen-bond acceptors (Lipinski definition) is 4. The summed E-state index contributed by atoms with van der Waals surface area (Å²) in [5.74, 6) is -0.195. The van der Waals surface area contributed by atoms with Crippen molar-refractivity contribution in [2.75, 3.05) is 30.8 Å². The molecule has 0 spiro atoms. The van der Waals surface area contributed by atoms with Gasteiger partial charge in [0.1, 0.15) is 5.75 Å². The van der Waals surface area contributed by atoms with Gasteiger partial charge >= 0.3 is 0 Å². The Morgan fingerprint density at radius 2 is 1.49 bits per heavy atom. The lowest BCUT2D eigenvalue weighted by molar-refractivity contribution is -0.121. The first-order chi connectivity index (χ1) is 17.0. The van der Waals surface area contributed by atoms with E-state index >= 15 is 0 Å². The third-order valence-electron chi connectivity index (χ3n) is 6.03. The molecule has 3 aromatic rings. The van der Waals surface area contributed by atoms with Gasteiger partial charge in [-0.3, -0.25) is 14.4 Å². The minimum atomic E-state index is -0.328. The molecule has 1 aliphatic heterocycles. The molecule has 0 bridgehead atoms. The predicted octanol–water partition coefficient (Wildman–Crippen LogP) is 5.09. The van der Waals surface area contributed by atoms with E-state index in [1.165, 1.54) is 0 Å². The average Bonchev–Trinajstić information content (AvgIpc) is 2.89. The number of halogens is 1. The molecule has 0 radical (unpaired) electrons. The van der Waals surface area contributed by atoms with Crippen molar-refractivity contribution in [1.82, 2.24) is 4.90 Å². The number of nitrogens with one attached hydrogen (secondary N) is 2. The van der Waals surface area contributed by atoms with Crippen LogP contribution in [0.2, 0.25) is 5.02 Å². The van der Waals surface area contributed by atoms with Crippen LogP contribution in [-0.4, -0.2) is 42.8 Å². The van der Waals surface area contributed by atoms with Crippen LogP contribution in [0.25, 0.3) is 0 Å². The van der Waals surface area contributed by atoms with Crippen molar-refractivity contribution in [2.45, 2.75) is 12.8 Å². The van der Waals surface area contributed by atoms with Gasteiger partial charge in [0.15, 0.2) is 0 Å². The number of carbonyl (C=O) groups excluding carboxylic acids is 3. The highest BCUT2D eigenvalue weighted by Gasteiger charge is 2.29. The van der Waals surface area contributed by atoms with E-state index in [1.807, 2.05) is 0 Å². The zero-order valence-corrected chi connectivity index (χ0v) is 20.0. The first-order valence-corrected chi connectivity index (χ1v) is 11.7. The molecular formula is C27H26ClN3O4. The van der Waals surface area contributed by atoms with E-state index in [9.17, 15) is 14.4 Å². The molecule has 0 atom stereocenters. The van der Waals surface area contributed by atoms with E-state index in [0.717, 1.165) is 0 Å². The molecular weight excluding hydrogens is 466 g/mol. The Bertz CT molecular complexity index is 1220. The van der Waals surface area contributed by atoms with Gasteiger partial charge in [-0.2, -0.15) is 0 Å². The lowest BCUT2D eigenvalue weighted by atomic mass is 9.95. The van der Waals surface area contributed by atoms with E-state index in [0.29, 0.717) is 59.2 Å². The Balaban J connectivity index is 1.37. The average molecular weight is 492 g/mol. The van der Waals surface area contributed by atoms with Crippen LogP contribution in [0.3, 0.4) is 0 Å². The molecule has 3 amide bonds. The maximum Gasteiger partial charge on any atom is 0.257 e. The maximum atomic E-state index is 13.0. The van der Waals surface area contributed by atoms with E-state index in [4.69, 9.17) is 16.3 Å². The van der Waals surface area contributed by atoms with Crippen LogP contribution in [-0.2, 0) is 4.79 Å². The van der Waals surface area contributed by atoms with Crippen LogP contribution >= 0.6 is 11.6 Å². The highest BCUT2D eigenvalue weighted by Crippen LogP contribution is 2.25. The van der Waals surface area contributed by atoms with Crippen molar-refractivity contribution in [3.05, 3.63) is 88.9 Å². The summed E-state index contributed by atoms with van der Waals surface area (Å²) in [7, 11) is 1.58. The number of piperidine rings is 1. The predicted molar refractivity (Wildman–Crippen MR) is 136 cm³/mol. The Morgan fingerprint density at radius 1 is 0.857 bits per heavy atom. The number of methoxy groups -OCH3 is 1. The van der Waals surface area contributed by atoms with Gasteiger partial charge in [0.25, 0.3) is 11.8 Å². The fraction of sp³-hybridized carbons (Fsp3) is 0.222. The molecule has 1 aliphatic rings. The van der Waals surface area contributed by atoms with Crippen molar-refractivity contribution in [2.24, 2.45) is 5.92 Å². The van der Waals surface area contributed by atoms with Crippen molar-refractivity contribution < 1.29 is 19.1 Å². The zero-order valence-electron chi connectivity index (χ0n) is 19.3. The first-order valence-electron chi connectivity index (χ1n) is 11.4. The number of amides is 3. The molecule has 2 N–H and O–H groups in total. The van der Waals surface area contributed by atoms with Gasteiger partial charge in [0, 0.05) is 24.7 Å². The molecule has 180 valence electrons. The van der Waals surface area contributed by atoms with Crippen LogP contribution < -0.4 is 15.4 Å². The molecule has 4 rings (SSSR count). The summed E-state index contributed by atoms with van der Waals surface area (Å²) in [6, 6.07) is 20.8. The normalized spacial score (nSPS) is 13.7. The fourth-order valence-electron chi connectivity index (χ4n) is 4.05. The van der Waals surface area contributed by atoms with Gasteiger partial charge in [-0.1, -0.05) is 35.9 Å². The summed E-state index contributed by atoms with van der Waals surface area (Å²) in [6.07, 6.45) is 1.06. The van der Waals surface area contributed by atoms with Crippen LogP contribution in [0.15, 0.2) is 72.8 Å². The van der Waals surface area contributed by atoms with Gasteiger partial charge in [-0.05, 0) is 61.4 Å². The quantitative estimate of drug-likeness (QED) is 0.502. The number of likely N-dealkylation sites (tertiary alicyclic amines) is 1. The van der Waals surface area contributed by atoms with Crippen LogP contribution in [0.5, 0.6) is 5.75 Å². The van der Waals surface area contributed by atoms with Crippen molar-refractivity contribution in [3.63, 3.8) is 0 Å². The van der Waals surface area contributed by atoms with Gasteiger partial charge in [0.2, 0.25) is 5.91 Å². The summed E-state index contributed by atoms with van der Waals surface area (Å²) in [4.78, 5) is 40.4. The Morgan fingerprint density at radius 3 is 2.14 bits per heavy atom. The lowest BCUT2D eigenvalue weighted by Gasteiger charge is -2.31. The number of ether oxygens (including phenoxy) is 1. The second-order valence-corrected chi connectivity index (χ2v) is 8.67. The van der Waals surface area contributed by atoms with Crippen LogP contribution in [0.1, 0.15) is 33.6 Å². The summed E-state index contributed by atoms with van der Waals surface area (Å²) in [6.45, 7) is 0.920. The van der Waals surface area contributed by atoms with Gasteiger partial charge in [-0.15, -0.1) is 0 Å². The number of hydrogen-bond donors (Lipinski definition) is 2. The Kier molecular flexibility index (Phi) is 7.67. The number of anilines is 2. The van der Waals surface area contributed by atoms with Crippen molar-refractivity contribution in [3.8, 4) is 5.75 Å². The highest BCUT2D eigenvalue weighted by molar-refractivity contribution is 6.33. The second-order valence-electron chi connectivity index (χ2n) is 8.26. The maximum absolute atomic E-state index is 13.0. The SMILES string of the molecule is COc1ccc(NC(=O)c2ccccc2NC(=O)C2CCN(C(=O)c3ccccc3Cl)CC2)cc1. The molecule has 0 unspecified atom stereocenters. The molecule has 8 heteroatoms. The Labute approximate surface area is 209 Å². The zero-order chi connectivity index (χ0) is 24.8. The second kappa shape index (κ2) is 11.1. The number of nitrogens with zero attached hydrogens (tertiary/aromatic N) is 1. The van der Waals surface area contributed by atoms with E-state index in [1.54, 1.807) is 84.8 Å². The summed E-state index contributed by atoms with van der Waals surface area (Å²) in [5, 5.41) is 6.16. The number of para-hydroxylation sites is 1. The number of carbonyl (C=O) groups is 3. The molecule has 0 saturated carbocycles. The smallest absolute Gasteiger partial charge is 0.257 e. The van der Waals surface area contributed by atoms with E-state index in [-0.39, 0.29) is 23.6 Å². The third kappa shape index (κ3) is 5.81. The van der Waals surface area contributed by atoms with Gasteiger partial charge < -0.3 is 20.3 Å². The minimum Gasteiger partial charge on any atom is -0.497 e. The summed E-state index contributed by atoms with van der Waals surface area (Å²) < 4.78 is 5.14. The standard InChI is InChI=1S/C27H26ClN3O4/c1-35-20-12-10-19(11-13-20)29-26(33)22-7-3-5-9-24(22)30-25(32)18-14-16-31(17-15-18)27(34)21-6-2-4-8-23(21)28/h2-13,18H,14-17H2,1H3,(H,29,33)(H,30,32). The summed E-state index contributed by atoms with van der Waals surface area (Å²) in [5.41, 5.74) is 1.89. The number of rotatable bonds is 6. The van der Waals surface area contributed by atoms with E-state index in [2.05, 4.69) is 10.6 Å². The lowest BCUT2D eigenvalue weighted by Crippen LogP contribution is -2.41. The van der Waals surface area contributed by atoms with Crippen LogP contribution in [0, 0.1) is 5.92 Å². The molecule has 1 saturated heterocycles. The highest BCUT2D eigenvalue weighted by atomic mass is 35.5. The monoisotopic (exact) mass is 491 g/mol. The molecule has 1 fully saturated rings. The third-order valence-corrected chi connectivity index (χ3v) is 6.36. The molecule has 0 aliphatic carbocycles. The van der Waals surface area contributed by atoms with E-state index < -0.39 is 0 Å². The van der Waals surface area contributed by atoms with Crippen molar-refractivity contribution >= 4 is 40.7 Å². The number of benzene rings is 3. The van der Waals surface area contributed by atoms with Gasteiger partial charge in [0.05, 0.1) is 28.9 Å². The molecule has 1 heterocycles. The minimum absolute atomic E-state index is 0.130.